The van der Waals surface area contributed by atoms with E-state index in [0.29, 0.717) is 23.6 Å². The lowest BCUT2D eigenvalue weighted by Crippen LogP contribution is -2.24. The number of fused-ring (bicyclic) bond motifs is 1. The van der Waals surface area contributed by atoms with Crippen molar-refractivity contribution in [2.45, 2.75) is 25.2 Å². The van der Waals surface area contributed by atoms with Gasteiger partial charge in [-0.1, -0.05) is 24.3 Å². The lowest BCUT2D eigenvalue weighted by molar-refractivity contribution is -0.137. The molecule has 0 fully saturated rings. The summed E-state index contributed by atoms with van der Waals surface area (Å²) < 4.78 is 44.5. The van der Waals surface area contributed by atoms with Crippen molar-refractivity contribution >= 4 is 22.9 Å². The molecule has 0 radical (unpaired) electrons. The van der Waals surface area contributed by atoms with Crippen molar-refractivity contribution in [2.24, 2.45) is 0 Å². The Bertz CT molecular complexity index is 1000. The van der Waals surface area contributed by atoms with Crippen LogP contribution in [0, 0.1) is 0 Å². The first-order valence-electron chi connectivity index (χ1n) is 8.92. The molecule has 0 saturated heterocycles. The van der Waals surface area contributed by atoms with Crippen LogP contribution in [0.3, 0.4) is 0 Å². The number of anilines is 1. The number of aromatic nitrogens is 2. The third kappa shape index (κ3) is 4.86. The highest BCUT2D eigenvalue weighted by Gasteiger charge is 2.31. The van der Waals surface area contributed by atoms with Gasteiger partial charge in [0.1, 0.15) is 0 Å². The van der Waals surface area contributed by atoms with Crippen LogP contribution < -0.4 is 10.6 Å². The number of amides is 1. The number of ether oxygens (including phenoxy) is 1. The smallest absolute Gasteiger partial charge is 0.380 e. The number of halogens is 3. The molecule has 0 aliphatic rings. The Kier molecular flexibility index (Phi) is 6.07. The number of rotatable bonds is 7. The number of alkyl halides is 3. The lowest BCUT2D eigenvalue weighted by Gasteiger charge is -2.19. The van der Waals surface area contributed by atoms with E-state index in [1.54, 1.807) is 13.2 Å². The number of nitrogens with zero attached hydrogens (tertiary/aromatic N) is 1. The molecule has 3 aromatic rings. The van der Waals surface area contributed by atoms with E-state index in [9.17, 15) is 18.0 Å². The Morgan fingerprint density at radius 3 is 2.69 bits per heavy atom. The third-order valence-electron chi connectivity index (χ3n) is 4.49. The first-order valence-corrected chi connectivity index (χ1v) is 8.92. The molecule has 0 bridgehead atoms. The van der Waals surface area contributed by atoms with Gasteiger partial charge in [0, 0.05) is 19.7 Å². The van der Waals surface area contributed by atoms with Crippen molar-refractivity contribution in [3.05, 3.63) is 59.2 Å². The number of hydrogen-bond acceptors (Lipinski definition) is 4. The highest BCUT2D eigenvalue weighted by Crippen LogP contribution is 2.32. The van der Waals surface area contributed by atoms with Crippen LogP contribution in [0.1, 0.15) is 29.2 Å². The third-order valence-corrected chi connectivity index (χ3v) is 4.49. The number of H-pyrrole nitrogens is 1. The summed E-state index contributed by atoms with van der Waals surface area (Å²) in [6, 6.07) is 9.78. The second-order valence-electron chi connectivity index (χ2n) is 6.53. The Morgan fingerprint density at radius 1 is 1.24 bits per heavy atom. The van der Waals surface area contributed by atoms with Crippen LogP contribution in [-0.4, -0.2) is 30.0 Å². The number of hydrogen-bond donors (Lipinski definition) is 3. The number of nitrogens with one attached hydrogen (secondary N) is 3. The van der Waals surface area contributed by atoms with Gasteiger partial charge < -0.3 is 20.4 Å². The largest absolute Gasteiger partial charge is 0.416 e. The van der Waals surface area contributed by atoms with E-state index in [4.69, 9.17) is 4.74 Å². The van der Waals surface area contributed by atoms with E-state index in [-0.39, 0.29) is 12.3 Å². The molecule has 6 nitrogen and oxygen atoms in total. The van der Waals surface area contributed by atoms with Gasteiger partial charge >= 0.3 is 6.18 Å². The standard InChI is InChI=1S/C20H21F3N4O2/c1-24-17(28)10-16(12-5-3-7-14(9-12)20(21,22)23)26-19-25-15-8-4-6-13(11-29-2)18(15)27-19/h3-9,16H,10-11H2,1-2H3,(H,24,28)(H2,25,26,27). The van der Waals surface area contributed by atoms with Crippen LogP contribution in [0.15, 0.2) is 42.5 Å². The number of carbonyl (C=O) groups excluding carboxylic acids is 1. The molecule has 0 saturated carbocycles. The quantitative estimate of drug-likeness (QED) is 0.554. The molecule has 1 heterocycles. The summed E-state index contributed by atoms with van der Waals surface area (Å²) in [6.07, 6.45) is -4.53. The van der Waals surface area contributed by atoms with Gasteiger partial charge in [-0.2, -0.15) is 13.2 Å². The Morgan fingerprint density at radius 2 is 2.00 bits per heavy atom. The van der Waals surface area contributed by atoms with E-state index < -0.39 is 17.8 Å². The van der Waals surface area contributed by atoms with Gasteiger partial charge in [0.05, 0.1) is 35.7 Å². The highest BCUT2D eigenvalue weighted by molar-refractivity contribution is 5.81. The van der Waals surface area contributed by atoms with Crippen molar-refractivity contribution in [2.75, 3.05) is 19.5 Å². The zero-order valence-corrected chi connectivity index (χ0v) is 15.9. The van der Waals surface area contributed by atoms with Gasteiger partial charge in [0.25, 0.3) is 0 Å². The fraction of sp³-hybridized carbons (Fsp3) is 0.300. The van der Waals surface area contributed by atoms with E-state index in [0.717, 1.165) is 23.2 Å². The summed E-state index contributed by atoms with van der Waals surface area (Å²) in [4.78, 5) is 19.6. The summed E-state index contributed by atoms with van der Waals surface area (Å²) in [5.41, 5.74) is 1.88. The SMILES string of the molecule is CNC(=O)CC(Nc1nc2c(COC)cccc2[nH]1)c1cccc(C(F)(F)F)c1. The Labute approximate surface area is 165 Å². The number of imidazole rings is 1. The van der Waals surface area contributed by atoms with Crippen LogP contribution in [0.25, 0.3) is 11.0 Å². The minimum atomic E-state index is -4.47. The summed E-state index contributed by atoms with van der Waals surface area (Å²) >= 11 is 0. The van der Waals surface area contributed by atoms with Crippen LogP contribution >= 0.6 is 0 Å². The minimum Gasteiger partial charge on any atom is -0.380 e. The molecule has 9 heteroatoms. The summed E-state index contributed by atoms with van der Waals surface area (Å²) in [6.45, 7) is 0.372. The molecule has 154 valence electrons. The van der Waals surface area contributed by atoms with Gasteiger partial charge in [0.15, 0.2) is 0 Å². The number of para-hydroxylation sites is 1. The van der Waals surface area contributed by atoms with Crippen molar-refractivity contribution < 1.29 is 22.7 Å². The molecule has 1 amide bonds. The zero-order chi connectivity index (χ0) is 21.0. The van der Waals surface area contributed by atoms with Crippen LogP contribution in [-0.2, 0) is 22.3 Å². The van der Waals surface area contributed by atoms with Crippen molar-refractivity contribution in [3.63, 3.8) is 0 Å². The molecular formula is C20H21F3N4O2. The molecule has 3 rings (SSSR count). The van der Waals surface area contributed by atoms with E-state index in [1.165, 1.54) is 13.1 Å². The van der Waals surface area contributed by atoms with Crippen molar-refractivity contribution in [3.8, 4) is 0 Å². The second-order valence-corrected chi connectivity index (χ2v) is 6.53. The normalized spacial score (nSPS) is 12.7. The van der Waals surface area contributed by atoms with Gasteiger partial charge in [-0.25, -0.2) is 4.98 Å². The molecule has 1 atom stereocenters. The fourth-order valence-corrected chi connectivity index (χ4v) is 3.07. The molecule has 1 unspecified atom stereocenters. The maximum Gasteiger partial charge on any atom is 0.416 e. The summed E-state index contributed by atoms with van der Waals surface area (Å²) in [5.74, 6) is 0.0472. The van der Waals surface area contributed by atoms with E-state index in [1.807, 2.05) is 18.2 Å². The maximum atomic E-state index is 13.1. The molecule has 2 aromatic carbocycles. The Balaban J connectivity index is 1.95. The first kappa shape index (κ1) is 20.7. The maximum absolute atomic E-state index is 13.1. The molecule has 29 heavy (non-hydrogen) atoms. The predicted octanol–water partition coefficient (Wildman–Crippen LogP) is 4.02. The summed E-state index contributed by atoms with van der Waals surface area (Å²) in [7, 11) is 3.06. The number of carbonyl (C=O) groups is 1. The number of aromatic amines is 1. The van der Waals surface area contributed by atoms with E-state index in [2.05, 4.69) is 20.6 Å². The van der Waals surface area contributed by atoms with E-state index >= 15 is 0 Å². The first-order chi connectivity index (χ1) is 13.8. The topological polar surface area (TPSA) is 79.0 Å². The molecule has 3 N–H and O–H groups in total. The molecule has 0 aliphatic carbocycles. The molecule has 0 spiro atoms. The zero-order valence-electron chi connectivity index (χ0n) is 15.9. The van der Waals surface area contributed by atoms with Crippen LogP contribution in [0.2, 0.25) is 0 Å². The molecule has 1 aromatic heterocycles. The van der Waals surface area contributed by atoms with Gasteiger partial charge in [-0.3, -0.25) is 4.79 Å². The molecule has 0 aliphatic heterocycles. The monoisotopic (exact) mass is 406 g/mol. The van der Waals surface area contributed by atoms with Crippen LogP contribution in [0.5, 0.6) is 0 Å². The number of benzene rings is 2. The van der Waals surface area contributed by atoms with Crippen molar-refractivity contribution in [1.82, 2.24) is 15.3 Å². The highest BCUT2D eigenvalue weighted by atomic mass is 19.4. The fourth-order valence-electron chi connectivity index (χ4n) is 3.07. The Hall–Kier alpha value is -3.07. The average molecular weight is 406 g/mol. The minimum absolute atomic E-state index is 0.0558. The van der Waals surface area contributed by atoms with Crippen LogP contribution in [0.4, 0.5) is 19.1 Å². The molecular weight excluding hydrogens is 385 g/mol. The lowest BCUT2D eigenvalue weighted by atomic mass is 10.0. The van der Waals surface area contributed by atoms with Crippen molar-refractivity contribution in [1.29, 1.82) is 0 Å². The number of methoxy groups -OCH3 is 1. The predicted molar refractivity (Wildman–Crippen MR) is 103 cm³/mol. The average Bonchev–Trinajstić information content (AvgIpc) is 3.10. The van der Waals surface area contributed by atoms with Gasteiger partial charge in [-0.15, -0.1) is 0 Å². The van der Waals surface area contributed by atoms with Gasteiger partial charge in [0.2, 0.25) is 11.9 Å². The summed E-state index contributed by atoms with van der Waals surface area (Å²) in [5, 5.41) is 5.56. The second kappa shape index (κ2) is 8.52. The van der Waals surface area contributed by atoms with Gasteiger partial charge in [-0.05, 0) is 23.8 Å².